The molecule has 0 atom stereocenters. The molecule has 1 rings (SSSR count). The molecule has 6 nitrogen and oxygen atoms in total. The van der Waals surface area contributed by atoms with Crippen molar-refractivity contribution < 1.29 is 19.1 Å². The Hall–Kier alpha value is -2.11. The summed E-state index contributed by atoms with van der Waals surface area (Å²) < 4.78 is 9.80. The van der Waals surface area contributed by atoms with E-state index < -0.39 is 17.7 Å². The van der Waals surface area contributed by atoms with E-state index >= 15 is 0 Å². The number of methoxy groups -OCH3 is 1. The van der Waals surface area contributed by atoms with Crippen molar-refractivity contribution in [3.63, 3.8) is 0 Å². The largest absolute Gasteiger partial charge is 0.465 e. The number of anilines is 1. The van der Waals surface area contributed by atoms with Gasteiger partial charge >= 0.3 is 12.1 Å². The van der Waals surface area contributed by atoms with Crippen molar-refractivity contribution in [1.29, 1.82) is 0 Å². The van der Waals surface area contributed by atoms with Crippen LogP contribution in [0.1, 0.15) is 36.8 Å². The Balaban J connectivity index is 2.99. The van der Waals surface area contributed by atoms with Crippen LogP contribution in [0, 0.1) is 6.92 Å². The van der Waals surface area contributed by atoms with Gasteiger partial charge in [0.1, 0.15) is 11.2 Å². The van der Waals surface area contributed by atoms with Crippen LogP contribution in [0.25, 0.3) is 0 Å². The van der Waals surface area contributed by atoms with Gasteiger partial charge in [-0.2, -0.15) is 0 Å². The summed E-state index contributed by atoms with van der Waals surface area (Å²) in [6.07, 6.45) is 0.859. The SMILES string of the molecule is COC(=O)c1c(NC(=O)OC(C)(C)C)ccnc1C. The van der Waals surface area contributed by atoms with Crippen molar-refractivity contribution in [2.45, 2.75) is 33.3 Å². The van der Waals surface area contributed by atoms with Crippen molar-refractivity contribution in [2.24, 2.45) is 0 Å². The average Bonchev–Trinajstić information content (AvgIpc) is 2.25. The van der Waals surface area contributed by atoms with Crippen LogP contribution >= 0.6 is 0 Å². The molecule has 0 aliphatic heterocycles. The van der Waals surface area contributed by atoms with E-state index in [9.17, 15) is 9.59 Å². The van der Waals surface area contributed by atoms with Gasteiger partial charge in [0.15, 0.2) is 0 Å². The van der Waals surface area contributed by atoms with Crippen LogP contribution < -0.4 is 5.32 Å². The average molecular weight is 266 g/mol. The second kappa shape index (κ2) is 5.69. The predicted molar refractivity (Wildman–Crippen MR) is 70.2 cm³/mol. The molecule has 0 spiro atoms. The van der Waals surface area contributed by atoms with Crippen LogP contribution in [0.3, 0.4) is 0 Å². The first-order valence-corrected chi connectivity index (χ1v) is 5.78. The highest BCUT2D eigenvalue weighted by atomic mass is 16.6. The molecule has 6 heteroatoms. The van der Waals surface area contributed by atoms with Gasteiger partial charge < -0.3 is 9.47 Å². The lowest BCUT2D eigenvalue weighted by Gasteiger charge is -2.20. The van der Waals surface area contributed by atoms with E-state index in [4.69, 9.17) is 4.74 Å². The Morgan fingerprint density at radius 2 is 1.95 bits per heavy atom. The Morgan fingerprint density at radius 1 is 1.32 bits per heavy atom. The number of aromatic nitrogens is 1. The summed E-state index contributed by atoms with van der Waals surface area (Å²) >= 11 is 0. The second-order valence-corrected chi connectivity index (χ2v) is 4.94. The molecular formula is C13H18N2O4. The molecule has 0 fully saturated rings. The molecule has 0 aliphatic rings. The summed E-state index contributed by atoms with van der Waals surface area (Å²) in [6.45, 7) is 6.93. The normalized spacial score (nSPS) is 10.8. The highest BCUT2D eigenvalue weighted by Crippen LogP contribution is 2.19. The van der Waals surface area contributed by atoms with Gasteiger partial charge in [0, 0.05) is 6.20 Å². The first kappa shape index (κ1) is 14.9. The lowest BCUT2D eigenvalue weighted by atomic mass is 10.1. The molecule has 0 aromatic carbocycles. The van der Waals surface area contributed by atoms with Gasteiger partial charge in [-0.1, -0.05) is 0 Å². The minimum absolute atomic E-state index is 0.218. The van der Waals surface area contributed by atoms with Gasteiger partial charge in [-0.25, -0.2) is 9.59 Å². The number of amides is 1. The van der Waals surface area contributed by atoms with Crippen LogP contribution in [0.5, 0.6) is 0 Å². The Morgan fingerprint density at radius 3 is 2.47 bits per heavy atom. The monoisotopic (exact) mass is 266 g/mol. The smallest absolute Gasteiger partial charge is 0.412 e. The molecule has 0 radical (unpaired) electrons. The number of hydrogen-bond donors (Lipinski definition) is 1. The van der Waals surface area contributed by atoms with E-state index in [0.717, 1.165) is 0 Å². The Labute approximate surface area is 112 Å². The van der Waals surface area contributed by atoms with Gasteiger partial charge in [-0.15, -0.1) is 0 Å². The molecule has 1 N–H and O–H groups in total. The Bertz CT molecular complexity index is 492. The van der Waals surface area contributed by atoms with E-state index in [-0.39, 0.29) is 5.56 Å². The van der Waals surface area contributed by atoms with Crippen molar-refractivity contribution in [1.82, 2.24) is 4.98 Å². The minimum Gasteiger partial charge on any atom is -0.465 e. The standard InChI is InChI=1S/C13H18N2O4/c1-8-10(11(16)18-5)9(6-7-14-8)15-12(17)19-13(2,3)4/h6-7H,1-5H3,(H,14,15,17). The number of rotatable bonds is 2. The predicted octanol–water partition coefficient (Wildman–Crippen LogP) is 2.52. The number of nitrogens with zero attached hydrogens (tertiary/aromatic N) is 1. The van der Waals surface area contributed by atoms with Crippen LogP contribution in [0.2, 0.25) is 0 Å². The van der Waals surface area contributed by atoms with Crippen molar-refractivity contribution >= 4 is 17.7 Å². The maximum atomic E-state index is 11.7. The molecule has 0 aliphatic carbocycles. The van der Waals surface area contributed by atoms with Crippen molar-refractivity contribution in [2.75, 3.05) is 12.4 Å². The van der Waals surface area contributed by atoms with Crippen molar-refractivity contribution in [3.8, 4) is 0 Å². The van der Waals surface area contributed by atoms with Crippen LogP contribution in [0.4, 0.5) is 10.5 Å². The van der Waals surface area contributed by atoms with Crippen LogP contribution in [-0.4, -0.2) is 29.8 Å². The second-order valence-electron chi connectivity index (χ2n) is 4.94. The molecule has 19 heavy (non-hydrogen) atoms. The summed E-state index contributed by atoms with van der Waals surface area (Å²) in [5.41, 5.74) is 0.391. The summed E-state index contributed by atoms with van der Waals surface area (Å²) in [4.78, 5) is 27.4. The third-order valence-electron chi connectivity index (χ3n) is 2.17. The van der Waals surface area contributed by atoms with Gasteiger partial charge in [-0.05, 0) is 33.8 Å². The van der Waals surface area contributed by atoms with Gasteiger partial charge in [0.25, 0.3) is 0 Å². The topological polar surface area (TPSA) is 77.5 Å². The minimum atomic E-state index is -0.636. The van der Waals surface area contributed by atoms with Gasteiger partial charge in [0.05, 0.1) is 18.5 Å². The number of ether oxygens (including phenoxy) is 2. The molecule has 1 heterocycles. The number of pyridine rings is 1. The van der Waals surface area contributed by atoms with E-state index in [1.165, 1.54) is 19.4 Å². The van der Waals surface area contributed by atoms with E-state index in [0.29, 0.717) is 11.4 Å². The zero-order chi connectivity index (χ0) is 14.6. The first-order valence-electron chi connectivity index (χ1n) is 5.78. The number of nitrogens with one attached hydrogen (secondary N) is 1. The fourth-order valence-electron chi connectivity index (χ4n) is 1.44. The van der Waals surface area contributed by atoms with E-state index in [1.54, 1.807) is 27.7 Å². The van der Waals surface area contributed by atoms with E-state index in [1.807, 2.05) is 0 Å². The summed E-state index contributed by atoms with van der Waals surface area (Å²) in [5.74, 6) is -0.559. The highest BCUT2D eigenvalue weighted by molar-refractivity contribution is 6.00. The van der Waals surface area contributed by atoms with Crippen LogP contribution in [0.15, 0.2) is 12.3 Å². The third kappa shape index (κ3) is 4.24. The number of esters is 1. The quantitative estimate of drug-likeness (QED) is 0.832. The number of carbonyl (C=O) groups excluding carboxylic acids is 2. The molecule has 0 unspecified atom stereocenters. The Kier molecular flexibility index (Phi) is 4.47. The molecule has 1 aromatic heterocycles. The maximum Gasteiger partial charge on any atom is 0.412 e. The lowest BCUT2D eigenvalue weighted by Crippen LogP contribution is -2.28. The lowest BCUT2D eigenvalue weighted by molar-refractivity contribution is 0.0600. The fourth-order valence-corrected chi connectivity index (χ4v) is 1.44. The van der Waals surface area contributed by atoms with E-state index in [2.05, 4.69) is 15.0 Å². The first-order chi connectivity index (χ1) is 8.74. The number of carbonyl (C=O) groups is 2. The fraction of sp³-hybridized carbons (Fsp3) is 0.462. The highest BCUT2D eigenvalue weighted by Gasteiger charge is 2.20. The zero-order valence-electron chi connectivity index (χ0n) is 11.7. The third-order valence-corrected chi connectivity index (χ3v) is 2.17. The van der Waals surface area contributed by atoms with Crippen LogP contribution in [-0.2, 0) is 9.47 Å². The maximum absolute atomic E-state index is 11.7. The molecule has 1 aromatic rings. The summed E-state index contributed by atoms with van der Waals surface area (Å²) in [6, 6.07) is 1.52. The molecule has 0 saturated heterocycles. The molecule has 0 saturated carbocycles. The van der Waals surface area contributed by atoms with Gasteiger partial charge in [-0.3, -0.25) is 10.3 Å². The van der Waals surface area contributed by atoms with Gasteiger partial charge in [0.2, 0.25) is 0 Å². The summed E-state index contributed by atoms with van der Waals surface area (Å²) in [7, 11) is 1.27. The molecule has 1 amide bonds. The zero-order valence-corrected chi connectivity index (χ0v) is 11.7. The molecular weight excluding hydrogens is 248 g/mol. The molecule has 104 valence electrons. The summed E-state index contributed by atoms with van der Waals surface area (Å²) in [5, 5.41) is 2.52. The molecule has 0 bridgehead atoms. The number of aryl methyl sites for hydroxylation is 1. The van der Waals surface area contributed by atoms with Crippen molar-refractivity contribution in [3.05, 3.63) is 23.5 Å². The number of hydrogen-bond acceptors (Lipinski definition) is 5.